The summed E-state index contributed by atoms with van der Waals surface area (Å²) in [7, 11) is 0. The van der Waals surface area contributed by atoms with Crippen LogP contribution in [0.4, 0.5) is 0 Å². The van der Waals surface area contributed by atoms with Crippen LogP contribution in [0.15, 0.2) is 261 Å². The SMILES string of the molecule is CC(C)(C)c1ccc2c(c1)c1ccccc1n2-c1nc(-n2c3ccccc3c3cc(C(C)(C)C)ccc32)c(-n2c3ccccc3c3cc(C(C)(C)C)ccc32)c(-c2ccccc2-c2nc(-c3ccccc3)cc(-c3ccccc3)n2)c1-n1c2ccccc2c2cc(C#N)ccc21. The molecule has 6 heterocycles. The lowest BCUT2D eigenvalue weighted by molar-refractivity contribution is 0.591. The van der Waals surface area contributed by atoms with E-state index in [4.69, 9.17) is 15.0 Å². The standard InChI is InChI=1S/C88H70N8/c1-86(2,3)57-41-45-77-67(49-57)61-31-19-23-37-73(61)94(77)82-80(64-34-16-17-35-65(64)83-90-70(55-26-12-10-13-27-55)52-71(91-83)56-28-14-11-15-29-56)81(93-72-36-22-18-30-60(72)66-48-54(53-89)40-44-76(66)93)84(95-74-38-24-20-32-62(74)68-50-58(87(4,5)6)42-46-78(68)95)92-85(82)96-75-39-25-21-33-63(75)69-51-59(88(7,8)9)43-47-79(69)96/h10-52H,1-9H3. The summed E-state index contributed by atoms with van der Waals surface area (Å²) in [6.45, 7) is 20.6. The summed E-state index contributed by atoms with van der Waals surface area (Å²) in [5.74, 6) is 2.00. The van der Waals surface area contributed by atoms with Crippen LogP contribution in [-0.4, -0.2) is 33.2 Å². The van der Waals surface area contributed by atoms with Crippen LogP contribution in [-0.2, 0) is 16.2 Å². The van der Waals surface area contributed by atoms with E-state index >= 15 is 0 Å². The van der Waals surface area contributed by atoms with E-state index in [1.165, 1.54) is 16.7 Å². The van der Waals surface area contributed by atoms with Gasteiger partial charge >= 0.3 is 0 Å². The third-order valence-corrected chi connectivity index (χ3v) is 19.7. The van der Waals surface area contributed by atoms with Crippen LogP contribution in [0.2, 0.25) is 0 Å². The number of hydrogen-bond donors (Lipinski definition) is 0. The molecule has 0 spiro atoms. The van der Waals surface area contributed by atoms with Gasteiger partial charge in [-0.2, -0.15) is 5.26 Å². The maximum absolute atomic E-state index is 10.8. The van der Waals surface area contributed by atoms with Crippen LogP contribution in [0.3, 0.4) is 0 Å². The Bertz CT molecular complexity index is 6030. The second kappa shape index (κ2) is 21.7. The van der Waals surface area contributed by atoms with Gasteiger partial charge < -0.3 is 9.13 Å². The smallest absolute Gasteiger partial charge is 0.165 e. The molecule has 8 heteroatoms. The Morgan fingerprint density at radius 2 is 0.615 bits per heavy atom. The summed E-state index contributed by atoms with van der Waals surface area (Å²) in [6, 6.07) is 96.9. The molecular formula is C88H70N8. The highest BCUT2D eigenvalue weighted by Gasteiger charge is 2.35. The minimum atomic E-state index is -0.150. The summed E-state index contributed by atoms with van der Waals surface area (Å²) >= 11 is 0. The maximum atomic E-state index is 10.8. The molecule has 8 nitrogen and oxygen atoms in total. The maximum Gasteiger partial charge on any atom is 0.165 e. The van der Waals surface area contributed by atoms with Crippen LogP contribution in [0, 0.1) is 11.3 Å². The van der Waals surface area contributed by atoms with E-state index in [0.29, 0.717) is 17.2 Å². The summed E-state index contributed by atoms with van der Waals surface area (Å²) in [5.41, 5.74) is 19.7. The molecule has 6 aromatic heterocycles. The van der Waals surface area contributed by atoms with Gasteiger partial charge in [-0.3, -0.25) is 9.13 Å². The molecule has 11 aromatic carbocycles. The van der Waals surface area contributed by atoms with Gasteiger partial charge in [-0.25, -0.2) is 15.0 Å². The Morgan fingerprint density at radius 1 is 0.292 bits per heavy atom. The van der Waals surface area contributed by atoms with E-state index in [-0.39, 0.29) is 16.2 Å². The van der Waals surface area contributed by atoms with Crippen LogP contribution < -0.4 is 0 Å². The zero-order chi connectivity index (χ0) is 65.5. The molecule has 0 aliphatic carbocycles. The van der Waals surface area contributed by atoms with E-state index in [9.17, 15) is 5.26 Å². The van der Waals surface area contributed by atoms with Crippen molar-refractivity contribution < 1.29 is 0 Å². The molecular weight excluding hydrogens is 1170 g/mol. The van der Waals surface area contributed by atoms with Crippen LogP contribution in [0.25, 0.3) is 155 Å². The lowest BCUT2D eigenvalue weighted by Gasteiger charge is -2.28. The quantitative estimate of drug-likeness (QED) is 0.152. The summed E-state index contributed by atoms with van der Waals surface area (Å²) in [4.78, 5) is 18.0. The Balaban J connectivity index is 1.18. The van der Waals surface area contributed by atoms with Crippen molar-refractivity contribution in [3.63, 3.8) is 0 Å². The van der Waals surface area contributed by atoms with Crippen molar-refractivity contribution in [2.24, 2.45) is 0 Å². The first kappa shape index (κ1) is 58.2. The zero-order valence-electron chi connectivity index (χ0n) is 55.4. The predicted octanol–water partition coefficient (Wildman–Crippen LogP) is 22.7. The Morgan fingerprint density at radius 3 is 1.01 bits per heavy atom. The van der Waals surface area contributed by atoms with Crippen LogP contribution in [0.1, 0.15) is 84.6 Å². The van der Waals surface area contributed by atoms with Gasteiger partial charge in [0, 0.05) is 65.3 Å². The van der Waals surface area contributed by atoms with E-state index in [1.807, 2.05) is 6.07 Å². The first-order valence-electron chi connectivity index (χ1n) is 33.2. The molecule has 0 saturated carbocycles. The van der Waals surface area contributed by atoms with Gasteiger partial charge in [-0.05, 0) is 123 Å². The average Bonchev–Trinajstić information content (AvgIpc) is 1.48. The van der Waals surface area contributed by atoms with Crippen molar-refractivity contribution >= 4 is 87.2 Å². The zero-order valence-corrected chi connectivity index (χ0v) is 55.4. The minimum Gasteiger partial charge on any atom is -0.305 e. The number of para-hydroxylation sites is 4. The molecule has 0 unspecified atom stereocenters. The lowest BCUT2D eigenvalue weighted by atomic mass is 9.86. The molecule has 0 fully saturated rings. The number of hydrogen-bond acceptors (Lipinski definition) is 4. The second-order valence-corrected chi connectivity index (χ2v) is 28.8. The molecule has 0 aliphatic heterocycles. The average molecular weight is 1240 g/mol. The fourth-order valence-electron chi connectivity index (χ4n) is 14.8. The highest BCUT2D eigenvalue weighted by Crippen LogP contribution is 2.51. The fourth-order valence-corrected chi connectivity index (χ4v) is 14.8. The van der Waals surface area contributed by atoms with Crippen LogP contribution >= 0.6 is 0 Å². The number of nitriles is 1. The Kier molecular flexibility index (Phi) is 13.2. The Hall–Kier alpha value is -11.7. The third kappa shape index (κ3) is 9.20. The van der Waals surface area contributed by atoms with Crippen molar-refractivity contribution in [1.82, 2.24) is 33.2 Å². The predicted molar refractivity (Wildman–Crippen MR) is 400 cm³/mol. The molecule has 0 radical (unpaired) electrons. The van der Waals surface area contributed by atoms with Gasteiger partial charge in [0.25, 0.3) is 0 Å². The highest BCUT2D eigenvalue weighted by atomic mass is 15.2. The number of nitrogens with zero attached hydrogens (tertiary/aromatic N) is 8. The Labute approximate surface area is 558 Å². The van der Waals surface area contributed by atoms with Crippen molar-refractivity contribution in [3.8, 4) is 74.1 Å². The molecule has 17 rings (SSSR count). The van der Waals surface area contributed by atoms with Crippen molar-refractivity contribution in [2.45, 2.75) is 78.6 Å². The number of benzene rings is 11. The van der Waals surface area contributed by atoms with E-state index < -0.39 is 0 Å². The number of fused-ring (bicyclic) bond motifs is 12. The van der Waals surface area contributed by atoms with Crippen molar-refractivity contribution in [2.75, 3.05) is 0 Å². The molecule has 0 N–H and O–H groups in total. The van der Waals surface area contributed by atoms with Gasteiger partial charge in [0.15, 0.2) is 17.5 Å². The molecule has 0 amide bonds. The lowest BCUT2D eigenvalue weighted by Crippen LogP contribution is -2.16. The summed E-state index contributed by atoms with van der Waals surface area (Å²) in [5, 5.41) is 19.5. The molecule has 462 valence electrons. The van der Waals surface area contributed by atoms with Crippen molar-refractivity contribution in [1.29, 1.82) is 5.26 Å². The topological polar surface area (TPSA) is 82.2 Å². The number of pyridine rings is 1. The van der Waals surface area contributed by atoms with Gasteiger partial charge in [0.1, 0.15) is 11.4 Å². The fraction of sp³-hybridized carbons (Fsp3) is 0.136. The molecule has 0 aliphatic rings. The van der Waals surface area contributed by atoms with E-state index in [0.717, 1.165) is 144 Å². The van der Waals surface area contributed by atoms with E-state index in [2.05, 4.69) is 341 Å². The molecule has 0 bridgehead atoms. The number of rotatable bonds is 8. The van der Waals surface area contributed by atoms with E-state index in [1.54, 1.807) is 0 Å². The molecule has 0 saturated heterocycles. The van der Waals surface area contributed by atoms with Crippen molar-refractivity contribution in [3.05, 3.63) is 283 Å². The molecule has 17 aromatic rings. The van der Waals surface area contributed by atoms with Gasteiger partial charge in [0.05, 0.1) is 67.2 Å². The first-order valence-corrected chi connectivity index (χ1v) is 33.2. The summed E-state index contributed by atoms with van der Waals surface area (Å²) < 4.78 is 9.85. The first-order chi connectivity index (χ1) is 46.5. The number of aromatic nitrogens is 7. The second-order valence-electron chi connectivity index (χ2n) is 28.8. The highest BCUT2D eigenvalue weighted by molar-refractivity contribution is 6.16. The monoisotopic (exact) mass is 1240 g/mol. The normalized spacial score (nSPS) is 12.4. The van der Waals surface area contributed by atoms with Gasteiger partial charge in [-0.1, -0.05) is 238 Å². The van der Waals surface area contributed by atoms with Gasteiger partial charge in [0.2, 0.25) is 0 Å². The largest absolute Gasteiger partial charge is 0.305 e. The third-order valence-electron chi connectivity index (χ3n) is 19.7. The minimum absolute atomic E-state index is 0.138. The molecule has 96 heavy (non-hydrogen) atoms. The summed E-state index contributed by atoms with van der Waals surface area (Å²) in [6.07, 6.45) is 0. The van der Waals surface area contributed by atoms with Gasteiger partial charge in [-0.15, -0.1) is 0 Å². The molecule has 0 atom stereocenters. The van der Waals surface area contributed by atoms with Crippen LogP contribution in [0.5, 0.6) is 0 Å².